The van der Waals surface area contributed by atoms with Crippen LogP contribution in [-0.4, -0.2) is 60.6 Å². The summed E-state index contributed by atoms with van der Waals surface area (Å²) in [5.41, 5.74) is -0.330. The lowest BCUT2D eigenvalue weighted by Crippen LogP contribution is -2.63. The smallest absolute Gasteiger partial charge is 0.320 e. The fourth-order valence-electron chi connectivity index (χ4n) is 5.50. The van der Waals surface area contributed by atoms with Crippen molar-refractivity contribution in [2.45, 2.75) is 81.5 Å². The number of urea groups is 1. The lowest BCUT2D eigenvalue weighted by atomic mass is 9.78. The molecule has 0 bridgehead atoms. The van der Waals surface area contributed by atoms with E-state index in [0.717, 1.165) is 43.4 Å². The van der Waals surface area contributed by atoms with Gasteiger partial charge in [0.2, 0.25) is 15.9 Å². The maximum absolute atomic E-state index is 12.9. The van der Waals surface area contributed by atoms with Crippen LogP contribution in [0.2, 0.25) is 0 Å². The number of imide groups is 1. The number of rotatable bonds is 5. The molecule has 0 spiro atoms. The molecule has 9 heteroatoms. The van der Waals surface area contributed by atoms with Crippen molar-refractivity contribution in [3.63, 3.8) is 0 Å². The van der Waals surface area contributed by atoms with Gasteiger partial charge in [-0.1, -0.05) is 6.42 Å². The van der Waals surface area contributed by atoms with Gasteiger partial charge in [-0.3, -0.25) is 9.69 Å². The molecule has 4 rings (SSSR count). The van der Waals surface area contributed by atoms with E-state index < -0.39 is 21.2 Å². The fraction of sp³-hybridized carbons (Fsp3) is 0.857. The molecule has 3 amide bonds. The Morgan fingerprint density at radius 1 is 1.17 bits per heavy atom. The van der Waals surface area contributed by atoms with Crippen LogP contribution in [0.3, 0.4) is 0 Å². The summed E-state index contributed by atoms with van der Waals surface area (Å²) in [4.78, 5) is 28.8. The van der Waals surface area contributed by atoms with Crippen molar-refractivity contribution in [3.8, 4) is 6.07 Å². The molecule has 166 valence electrons. The zero-order valence-corrected chi connectivity index (χ0v) is 18.7. The quantitative estimate of drug-likeness (QED) is 0.710. The summed E-state index contributed by atoms with van der Waals surface area (Å²) in [5, 5.41) is 8.68. The van der Waals surface area contributed by atoms with E-state index in [2.05, 4.69) is 10.8 Å². The highest BCUT2D eigenvalue weighted by Crippen LogP contribution is 2.41. The molecule has 1 saturated heterocycles. The largest absolute Gasteiger partial charge is 0.326 e. The highest BCUT2D eigenvalue weighted by Gasteiger charge is 2.51. The zero-order valence-electron chi connectivity index (χ0n) is 17.8. The van der Waals surface area contributed by atoms with E-state index >= 15 is 0 Å². The lowest BCUT2D eigenvalue weighted by Gasteiger charge is -2.48. The summed E-state index contributed by atoms with van der Waals surface area (Å²) < 4.78 is 28.6. The van der Waals surface area contributed by atoms with Gasteiger partial charge in [0.15, 0.2) is 0 Å². The number of sulfonamides is 1. The molecule has 4 fully saturated rings. The predicted molar refractivity (Wildman–Crippen MR) is 111 cm³/mol. The molecule has 4 aliphatic rings. The predicted octanol–water partition coefficient (Wildman–Crippen LogP) is 2.22. The number of amides is 3. The molecule has 30 heavy (non-hydrogen) atoms. The SMILES string of the molecule is CN1C(=O)C2CC(S(=O)(=O)NC3(C)CC3)CCC2N(CC2CCCC(C#N)C2)C1=O. The Kier molecular flexibility index (Phi) is 5.60. The van der Waals surface area contributed by atoms with Crippen LogP contribution in [0.1, 0.15) is 64.7 Å². The average molecular weight is 437 g/mol. The van der Waals surface area contributed by atoms with Gasteiger partial charge in [-0.15, -0.1) is 0 Å². The third-order valence-corrected chi connectivity index (χ3v) is 9.68. The van der Waals surface area contributed by atoms with E-state index in [4.69, 9.17) is 0 Å². The van der Waals surface area contributed by atoms with Gasteiger partial charge < -0.3 is 4.90 Å². The first kappa shape index (κ1) is 21.6. The summed E-state index contributed by atoms with van der Waals surface area (Å²) in [7, 11) is -2.00. The number of nitrogens with one attached hydrogen (secondary N) is 1. The fourth-order valence-corrected chi connectivity index (χ4v) is 7.46. The minimum absolute atomic E-state index is 0.0366. The average Bonchev–Trinajstić information content (AvgIpc) is 3.45. The lowest BCUT2D eigenvalue weighted by molar-refractivity contribution is -0.139. The Balaban J connectivity index is 1.49. The van der Waals surface area contributed by atoms with Crippen molar-refractivity contribution >= 4 is 22.0 Å². The first-order valence-electron chi connectivity index (χ1n) is 11.1. The molecule has 8 nitrogen and oxygen atoms in total. The highest BCUT2D eigenvalue weighted by molar-refractivity contribution is 7.90. The summed E-state index contributed by atoms with van der Waals surface area (Å²) in [6, 6.07) is 1.83. The van der Waals surface area contributed by atoms with Crippen molar-refractivity contribution in [1.82, 2.24) is 14.5 Å². The van der Waals surface area contributed by atoms with Gasteiger partial charge in [0.25, 0.3) is 0 Å². The molecular weight excluding hydrogens is 404 g/mol. The number of nitriles is 1. The molecule has 5 atom stereocenters. The summed E-state index contributed by atoms with van der Waals surface area (Å²) in [6.07, 6.45) is 6.60. The molecule has 0 aromatic heterocycles. The van der Waals surface area contributed by atoms with Crippen LogP contribution < -0.4 is 4.72 Å². The number of nitrogens with zero attached hydrogens (tertiary/aromatic N) is 3. The van der Waals surface area contributed by atoms with Crippen LogP contribution in [0.5, 0.6) is 0 Å². The van der Waals surface area contributed by atoms with E-state index in [1.54, 1.807) is 4.90 Å². The van der Waals surface area contributed by atoms with E-state index in [9.17, 15) is 23.3 Å². The number of fused-ring (bicyclic) bond motifs is 1. The van der Waals surface area contributed by atoms with Crippen molar-refractivity contribution in [3.05, 3.63) is 0 Å². The second-order valence-electron chi connectivity index (χ2n) is 10.0. The Labute approximate surface area is 179 Å². The minimum Gasteiger partial charge on any atom is -0.320 e. The number of hydrogen-bond acceptors (Lipinski definition) is 5. The second kappa shape index (κ2) is 7.79. The standard InChI is InChI=1S/C21H32N4O4S/c1-21(8-9-21)23-30(28,29)16-6-7-18-17(11-16)19(26)24(2)20(27)25(18)13-15-5-3-4-14(10-15)12-22/h14-18,23H,3-11,13H2,1-2H3. The molecular formula is C21H32N4O4S. The normalized spacial score (nSPS) is 36.2. The Hall–Kier alpha value is -1.66. The van der Waals surface area contributed by atoms with Crippen LogP contribution in [0.25, 0.3) is 0 Å². The van der Waals surface area contributed by atoms with E-state index in [-0.39, 0.29) is 41.8 Å². The number of hydrogen-bond donors (Lipinski definition) is 1. The molecule has 3 saturated carbocycles. The van der Waals surface area contributed by atoms with Crippen molar-refractivity contribution in [2.75, 3.05) is 13.6 Å². The summed E-state index contributed by atoms with van der Waals surface area (Å²) in [6.45, 7) is 2.46. The Morgan fingerprint density at radius 3 is 2.57 bits per heavy atom. The third-order valence-electron chi connectivity index (χ3n) is 7.59. The van der Waals surface area contributed by atoms with Crippen molar-refractivity contribution < 1.29 is 18.0 Å². The summed E-state index contributed by atoms with van der Waals surface area (Å²) in [5.74, 6) is -0.454. The van der Waals surface area contributed by atoms with E-state index in [0.29, 0.717) is 19.4 Å². The van der Waals surface area contributed by atoms with E-state index in [1.807, 2.05) is 6.92 Å². The molecule has 0 radical (unpaired) electrons. The maximum atomic E-state index is 12.9. The van der Waals surface area contributed by atoms with Crippen LogP contribution in [-0.2, 0) is 14.8 Å². The molecule has 0 aromatic rings. The van der Waals surface area contributed by atoms with Crippen molar-refractivity contribution in [1.29, 1.82) is 5.26 Å². The second-order valence-corrected chi connectivity index (χ2v) is 12.0. The first-order chi connectivity index (χ1) is 14.1. The van der Waals surface area contributed by atoms with Gasteiger partial charge in [-0.25, -0.2) is 17.9 Å². The van der Waals surface area contributed by atoms with Gasteiger partial charge in [-0.05, 0) is 64.2 Å². The number of carbonyl (C=O) groups is 2. The zero-order chi connectivity index (χ0) is 21.7. The molecule has 0 aromatic carbocycles. The van der Waals surface area contributed by atoms with Gasteiger partial charge in [0.05, 0.1) is 17.2 Å². The first-order valence-corrected chi connectivity index (χ1v) is 12.7. The van der Waals surface area contributed by atoms with Gasteiger partial charge >= 0.3 is 6.03 Å². The van der Waals surface area contributed by atoms with Crippen LogP contribution in [0, 0.1) is 29.1 Å². The van der Waals surface area contributed by atoms with Gasteiger partial charge in [-0.2, -0.15) is 5.26 Å². The topological polar surface area (TPSA) is 111 Å². The van der Waals surface area contributed by atoms with Crippen LogP contribution >= 0.6 is 0 Å². The molecule has 1 aliphatic heterocycles. The number of carbonyl (C=O) groups excluding carboxylic acids is 2. The molecule has 1 N–H and O–H groups in total. The van der Waals surface area contributed by atoms with Crippen LogP contribution in [0.15, 0.2) is 0 Å². The van der Waals surface area contributed by atoms with Crippen LogP contribution in [0.4, 0.5) is 4.79 Å². The maximum Gasteiger partial charge on any atom is 0.326 e. The molecule has 5 unspecified atom stereocenters. The van der Waals surface area contributed by atoms with Gasteiger partial charge in [0.1, 0.15) is 0 Å². The van der Waals surface area contributed by atoms with E-state index in [1.165, 1.54) is 7.05 Å². The molecule has 3 aliphatic carbocycles. The monoisotopic (exact) mass is 436 g/mol. The highest BCUT2D eigenvalue weighted by atomic mass is 32.2. The summed E-state index contributed by atoms with van der Waals surface area (Å²) >= 11 is 0. The molecule has 1 heterocycles. The van der Waals surface area contributed by atoms with Crippen molar-refractivity contribution in [2.24, 2.45) is 17.8 Å². The Bertz CT molecular complexity index is 863. The van der Waals surface area contributed by atoms with Gasteiger partial charge in [0, 0.05) is 31.1 Å². The third kappa shape index (κ3) is 4.09. The Morgan fingerprint density at radius 2 is 1.90 bits per heavy atom. The minimum atomic E-state index is -3.50.